The van der Waals surface area contributed by atoms with Crippen molar-refractivity contribution in [2.75, 3.05) is 17.2 Å². The first-order valence-corrected chi connectivity index (χ1v) is 8.39. The van der Waals surface area contributed by atoms with Gasteiger partial charge in [-0.25, -0.2) is 0 Å². The smallest absolute Gasteiger partial charge is 0.224 e. The standard InChI is InChI=1S/C18H19BrN2O3/c1-13(22)20-14-8-10-15(11-9-14)21-18(23)7-4-12-24-17-6-3-2-5-16(17)19/h2-3,5-6,8-11H,4,7,12H2,1H3,(H,20,22)(H,21,23). The summed E-state index contributed by atoms with van der Waals surface area (Å²) in [6, 6.07) is 14.6. The number of halogens is 1. The third kappa shape index (κ3) is 6.04. The van der Waals surface area contributed by atoms with Crippen LogP contribution in [-0.2, 0) is 9.59 Å². The van der Waals surface area contributed by atoms with Gasteiger partial charge in [-0.15, -0.1) is 0 Å². The predicted molar refractivity (Wildman–Crippen MR) is 98.2 cm³/mol. The number of carbonyl (C=O) groups is 2. The lowest BCUT2D eigenvalue weighted by atomic mass is 10.2. The highest BCUT2D eigenvalue weighted by molar-refractivity contribution is 9.10. The van der Waals surface area contributed by atoms with E-state index in [2.05, 4.69) is 26.6 Å². The van der Waals surface area contributed by atoms with Gasteiger partial charge in [0.05, 0.1) is 11.1 Å². The Balaban J connectivity index is 1.71. The summed E-state index contributed by atoms with van der Waals surface area (Å²) in [7, 11) is 0. The number of rotatable bonds is 7. The van der Waals surface area contributed by atoms with Crippen molar-refractivity contribution in [3.63, 3.8) is 0 Å². The Morgan fingerprint density at radius 2 is 1.62 bits per heavy atom. The number of benzene rings is 2. The van der Waals surface area contributed by atoms with Crippen LogP contribution in [0.1, 0.15) is 19.8 Å². The molecule has 2 rings (SSSR count). The summed E-state index contributed by atoms with van der Waals surface area (Å²) in [4.78, 5) is 22.9. The molecule has 0 spiro atoms. The number of para-hydroxylation sites is 1. The normalized spacial score (nSPS) is 10.1. The Labute approximate surface area is 149 Å². The van der Waals surface area contributed by atoms with E-state index in [0.717, 1.165) is 10.2 Å². The monoisotopic (exact) mass is 390 g/mol. The van der Waals surface area contributed by atoms with Crippen molar-refractivity contribution >= 4 is 39.1 Å². The summed E-state index contributed by atoms with van der Waals surface area (Å²) in [5.41, 5.74) is 1.39. The molecular formula is C18H19BrN2O3. The maximum atomic E-state index is 11.9. The zero-order valence-corrected chi connectivity index (χ0v) is 14.9. The van der Waals surface area contributed by atoms with Crippen LogP contribution in [0.25, 0.3) is 0 Å². The van der Waals surface area contributed by atoms with E-state index in [-0.39, 0.29) is 11.8 Å². The van der Waals surface area contributed by atoms with Gasteiger partial charge in [0, 0.05) is 24.7 Å². The van der Waals surface area contributed by atoms with Crippen LogP contribution in [0.15, 0.2) is 53.0 Å². The van der Waals surface area contributed by atoms with E-state index in [1.807, 2.05) is 24.3 Å². The molecule has 0 fully saturated rings. The van der Waals surface area contributed by atoms with Crippen molar-refractivity contribution in [3.05, 3.63) is 53.0 Å². The topological polar surface area (TPSA) is 67.4 Å². The predicted octanol–water partition coefficient (Wildman–Crippen LogP) is 4.21. The summed E-state index contributed by atoms with van der Waals surface area (Å²) >= 11 is 3.41. The second-order valence-corrected chi connectivity index (χ2v) is 6.04. The zero-order valence-electron chi connectivity index (χ0n) is 13.3. The number of hydrogen-bond donors (Lipinski definition) is 2. The van der Waals surface area contributed by atoms with Gasteiger partial charge in [-0.3, -0.25) is 9.59 Å². The van der Waals surface area contributed by atoms with Crippen LogP contribution in [0.4, 0.5) is 11.4 Å². The highest BCUT2D eigenvalue weighted by atomic mass is 79.9. The summed E-state index contributed by atoms with van der Waals surface area (Å²) in [5, 5.41) is 5.49. The van der Waals surface area contributed by atoms with E-state index in [1.165, 1.54) is 6.92 Å². The van der Waals surface area contributed by atoms with Gasteiger partial charge in [0.2, 0.25) is 11.8 Å². The number of ether oxygens (including phenoxy) is 1. The molecule has 0 aliphatic rings. The maximum Gasteiger partial charge on any atom is 0.224 e. The molecule has 0 saturated heterocycles. The average Bonchev–Trinajstić information content (AvgIpc) is 2.54. The van der Waals surface area contributed by atoms with E-state index in [9.17, 15) is 9.59 Å². The highest BCUT2D eigenvalue weighted by Crippen LogP contribution is 2.23. The van der Waals surface area contributed by atoms with Crippen molar-refractivity contribution in [1.29, 1.82) is 0 Å². The highest BCUT2D eigenvalue weighted by Gasteiger charge is 2.04. The second-order valence-electron chi connectivity index (χ2n) is 5.19. The molecule has 0 saturated carbocycles. The fraction of sp³-hybridized carbons (Fsp3) is 0.222. The minimum Gasteiger partial charge on any atom is -0.492 e. The molecule has 0 bridgehead atoms. The molecule has 0 unspecified atom stereocenters. The van der Waals surface area contributed by atoms with Gasteiger partial charge in [0.1, 0.15) is 5.75 Å². The zero-order chi connectivity index (χ0) is 17.4. The molecule has 24 heavy (non-hydrogen) atoms. The Bertz CT molecular complexity index is 702. The lowest BCUT2D eigenvalue weighted by Gasteiger charge is -2.09. The molecule has 2 aromatic carbocycles. The van der Waals surface area contributed by atoms with Crippen molar-refractivity contribution in [1.82, 2.24) is 0 Å². The molecule has 0 aliphatic heterocycles. The van der Waals surface area contributed by atoms with Gasteiger partial charge in [0.25, 0.3) is 0 Å². The van der Waals surface area contributed by atoms with Gasteiger partial charge in [0.15, 0.2) is 0 Å². The average molecular weight is 391 g/mol. The van der Waals surface area contributed by atoms with Crippen molar-refractivity contribution < 1.29 is 14.3 Å². The van der Waals surface area contributed by atoms with Gasteiger partial charge in [-0.05, 0) is 58.7 Å². The molecule has 126 valence electrons. The summed E-state index contributed by atoms with van der Waals surface area (Å²) in [5.74, 6) is 0.571. The van der Waals surface area contributed by atoms with E-state index in [0.29, 0.717) is 30.8 Å². The van der Waals surface area contributed by atoms with Crippen LogP contribution >= 0.6 is 15.9 Å². The van der Waals surface area contributed by atoms with Crippen LogP contribution in [0.2, 0.25) is 0 Å². The molecule has 2 amide bonds. The van der Waals surface area contributed by atoms with Crippen LogP contribution in [0.5, 0.6) is 5.75 Å². The first-order valence-electron chi connectivity index (χ1n) is 7.59. The largest absolute Gasteiger partial charge is 0.492 e. The molecule has 5 nitrogen and oxygen atoms in total. The van der Waals surface area contributed by atoms with E-state index in [4.69, 9.17) is 4.74 Å². The lowest BCUT2D eigenvalue weighted by molar-refractivity contribution is -0.116. The van der Waals surface area contributed by atoms with E-state index >= 15 is 0 Å². The molecule has 0 aromatic heterocycles. The van der Waals surface area contributed by atoms with Gasteiger partial charge in [-0.2, -0.15) is 0 Å². The molecule has 2 aromatic rings. The fourth-order valence-corrected chi connectivity index (χ4v) is 2.44. The first kappa shape index (κ1) is 18.0. The number of carbonyl (C=O) groups excluding carboxylic acids is 2. The molecule has 0 radical (unpaired) electrons. The molecule has 2 N–H and O–H groups in total. The molecule has 0 atom stereocenters. The Hall–Kier alpha value is -2.34. The van der Waals surface area contributed by atoms with Crippen molar-refractivity contribution in [2.24, 2.45) is 0 Å². The van der Waals surface area contributed by atoms with Crippen LogP contribution in [0, 0.1) is 0 Å². The minimum atomic E-state index is -0.128. The van der Waals surface area contributed by atoms with E-state index in [1.54, 1.807) is 24.3 Å². The second kappa shape index (κ2) is 9.08. The first-order chi connectivity index (χ1) is 11.5. The van der Waals surface area contributed by atoms with Crippen molar-refractivity contribution in [2.45, 2.75) is 19.8 Å². The van der Waals surface area contributed by atoms with Gasteiger partial charge < -0.3 is 15.4 Å². The van der Waals surface area contributed by atoms with Gasteiger partial charge >= 0.3 is 0 Å². The Kier molecular flexibility index (Phi) is 6.81. The summed E-state index contributed by atoms with van der Waals surface area (Å²) < 4.78 is 6.52. The molecule has 6 heteroatoms. The number of anilines is 2. The minimum absolute atomic E-state index is 0.0713. The number of hydrogen-bond acceptors (Lipinski definition) is 3. The molecule has 0 aliphatic carbocycles. The Morgan fingerprint density at radius 3 is 2.25 bits per heavy atom. The fourth-order valence-electron chi connectivity index (χ4n) is 2.04. The molecular weight excluding hydrogens is 372 g/mol. The van der Waals surface area contributed by atoms with Crippen LogP contribution in [0.3, 0.4) is 0 Å². The summed E-state index contributed by atoms with van der Waals surface area (Å²) in [6.07, 6.45) is 0.995. The summed E-state index contributed by atoms with van der Waals surface area (Å²) in [6.45, 7) is 1.92. The third-order valence-electron chi connectivity index (χ3n) is 3.13. The Morgan fingerprint density at radius 1 is 1.00 bits per heavy atom. The van der Waals surface area contributed by atoms with Crippen LogP contribution < -0.4 is 15.4 Å². The maximum absolute atomic E-state index is 11.9. The quantitative estimate of drug-likeness (QED) is 0.695. The SMILES string of the molecule is CC(=O)Nc1ccc(NC(=O)CCCOc2ccccc2Br)cc1. The van der Waals surface area contributed by atoms with Crippen molar-refractivity contribution in [3.8, 4) is 5.75 Å². The van der Waals surface area contributed by atoms with E-state index < -0.39 is 0 Å². The third-order valence-corrected chi connectivity index (χ3v) is 3.79. The number of amides is 2. The van der Waals surface area contributed by atoms with Gasteiger partial charge in [-0.1, -0.05) is 12.1 Å². The lowest BCUT2D eigenvalue weighted by Crippen LogP contribution is -2.13. The molecule has 0 heterocycles. The van der Waals surface area contributed by atoms with Crippen LogP contribution in [-0.4, -0.2) is 18.4 Å². The number of nitrogens with one attached hydrogen (secondary N) is 2.